The minimum absolute atomic E-state index is 0.282. The summed E-state index contributed by atoms with van der Waals surface area (Å²) in [6.07, 6.45) is 1.89. The molecule has 6 heteroatoms. The highest BCUT2D eigenvalue weighted by molar-refractivity contribution is 14.1. The van der Waals surface area contributed by atoms with E-state index in [1.54, 1.807) is 7.05 Å². The first-order valence-corrected chi connectivity index (χ1v) is 10.0. The SMILES string of the molecule is Cc1ccc(-c2c3c(=O)n(C)c(=O)n(C)c3cn2-c2ccc(I)cc2C)cc1. The van der Waals surface area contributed by atoms with Gasteiger partial charge in [-0.05, 0) is 65.8 Å². The van der Waals surface area contributed by atoms with E-state index in [-0.39, 0.29) is 11.2 Å². The average molecular weight is 485 g/mol. The maximum atomic E-state index is 13.1. The van der Waals surface area contributed by atoms with E-state index in [0.717, 1.165) is 31.6 Å². The zero-order chi connectivity index (χ0) is 20.2. The molecule has 0 saturated carbocycles. The third kappa shape index (κ3) is 2.83. The molecule has 0 N–H and O–H groups in total. The lowest BCUT2D eigenvalue weighted by atomic mass is 10.1. The van der Waals surface area contributed by atoms with Crippen molar-refractivity contribution in [2.24, 2.45) is 14.1 Å². The summed E-state index contributed by atoms with van der Waals surface area (Å²) in [5.41, 5.74) is 4.99. The van der Waals surface area contributed by atoms with Crippen molar-refractivity contribution in [3.05, 3.63) is 84.2 Å². The number of fused-ring (bicyclic) bond motifs is 1. The Labute approximate surface area is 176 Å². The number of aromatic nitrogens is 3. The molecule has 5 nitrogen and oxygen atoms in total. The summed E-state index contributed by atoms with van der Waals surface area (Å²) in [6, 6.07) is 14.3. The van der Waals surface area contributed by atoms with Crippen molar-refractivity contribution in [3.8, 4) is 16.9 Å². The van der Waals surface area contributed by atoms with Crippen molar-refractivity contribution in [2.45, 2.75) is 13.8 Å². The highest BCUT2D eigenvalue weighted by Gasteiger charge is 2.20. The molecule has 4 rings (SSSR count). The zero-order valence-corrected chi connectivity index (χ0v) is 18.3. The number of hydrogen-bond donors (Lipinski definition) is 0. The van der Waals surface area contributed by atoms with Gasteiger partial charge in [0.25, 0.3) is 5.56 Å². The summed E-state index contributed by atoms with van der Waals surface area (Å²) >= 11 is 2.29. The first kappa shape index (κ1) is 18.7. The Morgan fingerprint density at radius 1 is 0.893 bits per heavy atom. The molecule has 0 saturated heterocycles. The van der Waals surface area contributed by atoms with Crippen LogP contribution in [0.15, 0.2) is 58.3 Å². The topological polar surface area (TPSA) is 48.9 Å². The van der Waals surface area contributed by atoms with Crippen molar-refractivity contribution in [2.75, 3.05) is 0 Å². The molecule has 0 bridgehead atoms. The molecule has 0 spiro atoms. The lowest BCUT2D eigenvalue weighted by molar-refractivity contribution is 0.714. The van der Waals surface area contributed by atoms with E-state index < -0.39 is 0 Å². The van der Waals surface area contributed by atoms with Gasteiger partial charge in [-0.25, -0.2) is 4.79 Å². The second-order valence-corrected chi connectivity index (χ2v) is 8.36. The van der Waals surface area contributed by atoms with Gasteiger partial charge in [-0.3, -0.25) is 13.9 Å². The van der Waals surface area contributed by atoms with Gasteiger partial charge >= 0.3 is 5.69 Å². The quantitative estimate of drug-likeness (QED) is 0.405. The first-order valence-electron chi connectivity index (χ1n) is 8.94. The van der Waals surface area contributed by atoms with E-state index in [9.17, 15) is 9.59 Å². The number of nitrogens with zero attached hydrogens (tertiary/aromatic N) is 3. The van der Waals surface area contributed by atoms with Gasteiger partial charge < -0.3 is 4.57 Å². The molecule has 142 valence electrons. The summed E-state index contributed by atoms with van der Waals surface area (Å²) in [4.78, 5) is 25.6. The lowest BCUT2D eigenvalue weighted by Crippen LogP contribution is -2.36. The third-order valence-corrected chi connectivity index (χ3v) is 5.85. The van der Waals surface area contributed by atoms with Crippen LogP contribution in [0.3, 0.4) is 0 Å². The third-order valence-electron chi connectivity index (χ3n) is 5.18. The van der Waals surface area contributed by atoms with Crippen LogP contribution in [0.2, 0.25) is 0 Å². The molecule has 0 amide bonds. The fourth-order valence-electron chi connectivity index (χ4n) is 3.61. The molecule has 2 heterocycles. The van der Waals surface area contributed by atoms with Crippen LogP contribution in [-0.2, 0) is 14.1 Å². The molecule has 0 aliphatic carbocycles. The van der Waals surface area contributed by atoms with E-state index in [2.05, 4.69) is 41.6 Å². The van der Waals surface area contributed by atoms with E-state index in [0.29, 0.717) is 10.9 Å². The van der Waals surface area contributed by atoms with Gasteiger partial charge in [0.2, 0.25) is 0 Å². The second-order valence-electron chi connectivity index (χ2n) is 7.11. The maximum Gasteiger partial charge on any atom is 0.330 e. The zero-order valence-electron chi connectivity index (χ0n) is 16.2. The summed E-state index contributed by atoms with van der Waals surface area (Å²) < 4.78 is 5.88. The van der Waals surface area contributed by atoms with Crippen LogP contribution >= 0.6 is 22.6 Å². The molecule has 0 unspecified atom stereocenters. The number of hydrogen-bond acceptors (Lipinski definition) is 2. The normalized spacial score (nSPS) is 11.3. The van der Waals surface area contributed by atoms with Crippen LogP contribution in [0, 0.1) is 17.4 Å². The molecule has 2 aromatic carbocycles. The molecular weight excluding hydrogens is 465 g/mol. The van der Waals surface area contributed by atoms with E-state index in [1.165, 1.54) is 16.2 Å². The summed E-state index contributed by atoms with van der Waals surface area (Å²) in [5.74, 6) is 0. The van der Waals surface area contributed by atoms with Crippen molar-refractivity contribution in [1.29, 1.82) is 0 Å². The number of benzene rings is 2. The summed E-state index contributed by atoms with van der Waals surface area (Å²) in [6.45, 7) is 4.09. The highest BCUT2D eigenvalue weighted by atomic mass is 127. The standard InChI is InChI=1S/C22H20IN3O2/c1-13-5-7-15(8-6-13)20-19-18(24(3)22(28)25(4)21(19)27)12-26(20)17-10-9-16(23)11-14(17)2/h5-12H,1-4H3. The largest absolute Gasteiger partial charge is 0.330 e. The summed E-state index contributed by atoms with van der Waals surface area (Å²) in [7, 11) is 3.23. The highest BCUT2D eigenvalue weighted by Crippen LogP contribution is 2.32. The molecule has 28 heavy (non-hydrogen) atoms. The predicted octanol–water partition coefficient (Wildman–Crippen LogP) is 3.92. The first-order chi connectivity index (χ1) is 13.3. The van der Waals surface area contributed by atoms with Crippen LogP contribution < -0.4 is 11.2 Å². The molecule has 4 aromatic rings. The van der Waals surface area contributed by atoms with Gasteiger partial charge in [0.15, 0.2) is 0 Å². The van der Waals surface area contributed by atoms with Gasteiger partial charge in [0.1, 0.15) is 0 Å². The summed E-state index contributed by atoms with van der Waals surface area (Å²) in [5, 5.41) is 0.548. The minimum atomic E-state index is -0.329. The Kier molecular flexibility index (Phi) is 4.53. The fraction of sp³-hybridized carbons (Fsp3) is 0.182. The average Bonchev–Trinajstić information content (AvgIpc) is 3.05. The monoisotopic (exact) mass is 485 g/mol. The molecule has 2 aromatic heterocycles. The lowest BCUT2D eigenvalue weighted by Gasteiger charge is -2.13. The van der Waals surface area contributed by atoms with Crippen LogP contribution in [0.4, 0.5) is 0 Å². The fourth-order valence-corrected chi connectivity index (χ4v) is 4.26. The molecule has 0 aliphatic rings. The number of rotatable bonds is 2. The Bertz CT molecular complexity index is 1340. The number of aryl methyl sites for hydroxylation is 3. The molecule has 0 aliphatic heterocycles. The van der Waals surface area contributed by atoms with Gasteiger partial charge in [0, 0.05) is 29.5 Å². The van der Waals surface area contributed by atoms with Crippen LogP contribution in [0.25, 0.3) is 27.8 Å². The van der Waals surface area contributed by atoms with E-state index in [4.69, 9.17) is 0 Å². The molecular formula is C22H20IN3O2. The molecule has 0 atom stereocenters. The Hall–Kier alpha value is -2.61. The van der Waals surface area contributed by atoms with Crippen molar-refractivity contribution < 1.29 is 0 Å². The predicted molar refractivity (Wildman–Crippen MR) is 121 cm³/mol. The van der Waals surface area contributed by atoms with E-state index >= 15 is 0 Å². The van der Waals surface area contributed by atoms with E-state index in [1.807, 2.05) is 48.0 Å². The van der Waals surface area contributed by atoms with Gasteiger partial charge in [-0.15, -0.1) is 0 Å². The van der Waals surface area contributed by atoms with Crippen LogP contribution in [0.1, 0.15) is 11.1 Å². The minimum Gasteiger partial charge on any atom is -0.313 e. The van der Waals surface area contributed by atoms with Crippen molar-refractivity contribution in [3.63, 3.8) is 0 Å². The molecule has 0 fully saturated rings. The van der Waals surface area contributed by atoms with Crippen LogP contribution in [0.5, 0.6) is 0 Å². The number of halogens is 1. The van der Waals surface area contributed by atoms with Crippen molar-refractivity contribution >= 4 is 33.5 Å². The maximum absolute atomic E-state index is 13.1. The van der Waals surface area contributed by atoms with Crippen molar-refractivity contribution in [1.82, 2.24) is 13.7 Å². The Balaban J connectivity index is 2.21. The smallest absolute Gasteiger partial charge is 0.313 e. The van der Waals surface area contributed by atoms with Gasteiger partial charge in [-0.2, -0.15) is 0 Å². The molecule has 0 radical (unpaired) electrons. The second kappa shape index (κ2) is 6.77. The Morgan fingerprint density at radius 2 is 1.57 bits per heavy atom. The Morgan fingerprint density at radius 3 is 2.21 bits per heavy atom. The van der Waals surface area contributed by atoms with Gasteiger partial charge in [0.05, 0.1) is 16.6 Å². The van der Waals surface area contributed by atoms with Gasteiger partial charge in [-0.1, -0.05) is 29.8 Å². The van der Waals surface area contributed by atoms with Crippen LogP contribution in [-0.4, -0.2) is 13.7 Å².